The van der Waals surface area contributed by atoms with Gasteiger partial charge in [0.15, 0.2) is 11.6 Å². The summed E-state index contributed by atoms with van der Waals surface area (Å²) >= 11 is 2.22. The van der Waals surface area contributed by atoms with Gasteiger partial charge in [-0.05, 0) is 42.0 Å². The maximum Gasteiger partial charge on any atom is 0.200 e. The van der Waals surface area contributed by atoms with Crippen LogP contribution >= 0.6 is 22.6 Å². The Morgan fingerprint density at radius 2 is 1.90 bits per heavy atom. The molecule has 0 atom stereocenters. The lowest BCUT2D eigenvalue weighted by Crippen LogP contribution is -2.09. The number of aryl methyl sites for hydroxylation is 1. The number of rotatable bonds is 5. The number of hydrogen-bond donors (Lipinski definition) is 1. The quantitative estimate of drug-likeness (QED) is 0.798. The lowest BCUT2D eigenvalue weighted by molar-refractivity contribution is 0.181. The number of anilines is 1. The van der Waals surface area contributed by atoms with Crippen LogP contribution in [0.3, 0.4) is 0 Å². The summed E-state index contributed by atoms with van der Waals surface area (Å²) in [5.41, 5.74) is 1.83. The molecule has 0 spiro atoms. The van der Waals surface area contributed by atoms with Gasteiger partial charge < -0.3 is 10.1 Å². The van der Waals surface area contributed by atoms with E-state index in [1.807, 2.05) is 13.8 Å². The highest BCUT2D eigenvalue weighted by Crippen LogP contribution is 2.22. The van der Waals surface area contributed by atoms with E-state index in [1.165, 1.54) is 0 Å². The van der Waals surface area contributed by atoms with Crippen molar-refractivity contribution in [3.8, 4) is 11.6 Å². The largest absolute Gasteiger partial charge is 0.378 e. The molecule has 7 heteroatoms. The Labute approximate surface area is 131 Å². The van der Waals surface area contributed by atoms with E-state index < -0.39 is 0 Å². The highest BCUT2D eigenvalue weighted by Gasteiger charge is 2.14. The lowest BCUT2D eigenvalue weighted by Gasteiger charge is -2.11. The predicted molar refractivity (Wildman–Crippen MR) is 85.4 cm³/mol. The Morgan fingerprint density at radius 1 is 1.20 bits per heavy atom. The van der Waals surface area contributed by atoms with E-state index in [-0.39, 0.29) is 0 Å². The van der Waals surface area contributed by atoms with Crippen LogP contribution in [0.4, 0.5) is 5.82 Å². The zero-order valence-electron chi connectivity index (χ0n) is 11.6. The molecule has 6 nitrogen and oxygen atoms in total. The van der Waals surface area contributed by atoms with Crippen molar-refractivity contribution in [2.75, 3.05) is 19.0 Å². The molecular formula is C13H16IN5O. The topological polar surface area (TPSA) is 72.8 Å². The molecule has 2 rings (SSSR count). The number of aromatic nitrogens is 4. The number of ether oxygens (including phenoxy) is 1. The van der Waals surface area contributed by atoms with Gasteiger partial charge in [-0.15, -0.1) is 0 Å². The summed E-state index contributed by atoms with van der Waals surface area (Å²) in [5, 5.41) is 3.23. The zero-order chi connectivity index (χ0) is 14.5. The molecule has 20 heavy (non-hydrogen) atoms. The summed E-state index contributed by atoms with van der Waals surface area (Å²) in [6.07, 6.45) is 3.51. The van der Waals surface area contributed by atoms with Crippen molar-refractivity contribution in [2.45, 2.75) is 20.5 Å². The minimum absolute atomic E-state index is 0.429. The second-order valence-electron chi connectivity index (χ2n) is 4.20. The maximum atomic E-state index is 5.19. The summed E-state index contributed by atoms with van der Waals surface area (Å²) in [4.78, 5) is 17.5. The van der Waals surface area contributed by atoms with Crippen molar-refractivity contribution in [1.82, 2.24) is 19.9 Å². The predicted octanol–water partition coefficient (Wildman–Crippen LogP) is 2.42. The molecule has 0 aliphatic carbocycles. The molecule has 0 bridgehead atoms. The number of hydrogen-bond acceptors (Lipinski definition) is 6. The van der Waals surface area contributed by atoms with E-state index in [2.05, 4.69) is 47.8 Å². The number of methoxy groups -OCH3 is 1. The second kappa shape index (κ2) is 6.89. The molecule has 0 aromatic carbocycles. The fourth-order valence-corrected chi connectivity index (χ4v) is 2.21. The third kappa shape index (κ3) is 3.40. The molecule has 2 aromatic heterocycles. The molecule has 1 N–H and O–H groups in total. The minimum Gasteiger partial charge on any atom is -0.378 e. The van der Waals surface area contributed by atoms with Crippen molar-refractivity contribution in [2.24, 2.45) is 0 Å². The Hall–Kier alpha value is -1.35. The van der Waals surface area contributed by atoms with Gasteiger partial charge in [0.2, 0.25) is 0 Å². The molecule has 0 fully saturated rings. The molecule has 0 amide bonds. The van der Waals surface area contributed by atoms with Crippen molar-refractivity contribution >= 4 is 28.4 Å². The normalized spacial score (nSPS) is 10.6. The van der Waals surface area contributed by atoms with Gasteiger partial charge in [-0.25, -0.2) is 19.9 Å². The van der Waals surface area contributed by atoms with Gasteiger partial charge >= 0.3 is 0 Å². The molecule has 2 aromatic rings. The molecule has 0 aliphatic rings. The van der Waals surface area contributed by atoms with Gasteiger partial charge in [-0.3, -0.25) is 0 Å². The molecule has 0 aliphatic heterocycles. The third-order valence-corrected chi connectivity index (χ3v) is 3.66. The molecule has 0 unspecified atom stereocenters. The van der Waals surface area contributed by atoms with E-state index in [4.69, 9.17) is 4.74 Å². The SMILES string of the molecule is CCNc1nc(-c2ncc(C)cn2)nc(COC)c1I. The first-order chi connectivity index (χ1) is 9.65. The Kier molecular flexibility index (Phi) is 5.18. The highest BCUT2D eigenvalue weighted by atomic mass is 127. The zero-order valence-corrected chi connectivity index (χ0v) is 13.8. The number of nitrogens with zero attached hydrogens (tertiary/aromatic N) is 4. The molecule has 0 saturated heterocycles. The fourth-order valence-electron chi connectivity index (χ4n) is 1.62. The minimum atomic E-state index is 0.429. The van der Waals surface area contributed by atoms with Gasteiger partial charge in [0, 0.05) is 26.0 Å². The highest BCUT2D eigenvalue weighted by molar-refractivity contribution is 14.1. The van der Waals surface area contributed by atoms with Gasteiger partial charge in [-0.2, -0.15) is 0 Å². The monoisotopic (exact) mass is 385 g/mol. The van der Waals surface area contributed by atoms with Crippen molar-refractivity contribution in [3.05, 3.63) is 27.2 Å². The van der Waals surface area contributed by atoms with E-state index in [1.54, 1.807) is 19.5 Å². The smallest absolute Gasteiger partial charge is 0.200 e. The van der Waals surface area contributed by atoms with Crippen LogP contribution in [0.1, 0.15) is 18.2 Å². The van der Waals surface area contributed by atoms with Crippen LogP contribution in [0.5, 0.6) is 0 Å². The molecule has 2 heterocycles. The lowest BCUT2D eigenvalue weighted by atomic mass is 10.3. The van der Waals surface area contributed by atoms with Crippen LogP contribution < -0.4 is 5.32 Å². The van der Waals surface area contributed by atoms with Crippen LogP contribution in [0.2, 0.25) is 0 Å². The van der Waals surface area contributed by atoms with Gasteiger partial charge in [0.25, 0.3) is 0 Å². The fraction of sp³-hybridized carbons (Fsp3) is 0.385. The summed E-state index contributed by atoms with van der Waals surface area (Å²) in [7, 11) is 1.65. The first kappa shape index (κ1) is 15.0. The average Bonchev–Trinajstić information content (AvgIpc) is 2.44. The van der Waals surface area contributed by atoms with E-state index in [0.717, 1.165) is 27.2 Å². The standard InChI is InChI=1S/C13H16IN5O/c1-4-15-11-10(14)9(7-20-3)18-13(19-11)12-16-5-8(2)6-17-12/h5-6H,4,7H2,1-3H3,(H,15,18,19). The van der Waals surface area contributed by atoms with Crippen molar-refractivity contribution < 1.29 is 4.74 Å². The summed E-state index contributed by atoms with van der Waals surface area (Å²) in [6.45, 7) is 5.18. The van der Waals surface area contributed by atoms with E-state index in [0.29, 0.717) is 18.3 Å². The van der Waals surface area contributed by atoms with Crippen molar-refractivity contribution in [1.29, 1.82) is 0 Å². The Morgan fingerprint density at radius 3 is 2.50 bits per heavy atom. The number of halogens is 1. The summed E-state index contributed by atoms with van der Waals surface area (Å²) in [5.74, 6) is 1.81. The molecule has 0 radical (unpaired) electrons. The molecule has 0 saturated carbocycles. The van der Waals surface area contributed by atoms with Crippen LogP contribution in [-0.4, -0.2) is 33.6 Å². The first-order valence-corrected chi connectivity index (χ1v) is 7.31. The van der Waals surface area contributed by atoms with Crippen LogP contribution in [0.15, 0.2) is 12.4 Å². The van der Waals surface area contributed by atoms with Crippen LogP contribution in [-0.2, 0) is 11.3 Å². The summed E-state index contributed by atoms with van der Waals surface area (Å²) in [6, 6.07) is 0. The summed E-state index contributed by atoms with van der Waals surface area (Å²) < 4.78 is 6.15. The van der Waals surface area contributed by atoms with Gasteiger partial charge in [0.05, 0.1) is 15.9 Å². The first-order valence-electron chi connectivity index (χ1n) is 6.24. The van der Waals surface area contributed by atoms with E-state index in [9.17, 15) is 0 Å². The third-order valence-electron chi connectivity index (χ3n) is 2.53. The van der Waals surface area contributed by atoms with Gasteiger partial charge in [0.1, 0.15) is 5.82 Å². The average molecular weight is 385 g/mol. The van der Waals surface area contributed by atoms with Crippen LogP contribution in [0.25, 0.3) is 11.6 Å². The molecular weight excluding hydrogens is 369 g/mol. The second-order valence-corrected chi connectivity index (χ2v) is 5.28. The van der Waals surface area contributed by atoms with E-state index >= 15 is 0 Å². The number of nitrogens with one attached hydrogen (secondary N) is 1. The molecule has 106 valence electrons. The van der Waals surface area contributed by atoms with Gasteiger partial charge in [-0.1, -0.05) is 0 Å². The van der Waals surface area contributed by atoms with Crippen molar-refractivity contribution in [3.63, 3.8) is 0 Å². The Bertz CT molecular complexity index is 561. The Balaban J connectivity index is 2.49. The maximum absolute atomic E-state index is 5.19. The van der Waals surface area contributed by atoms with Crippen LogP contribution in [0, 0.1) is 10.5 Å².